The van der Waals surface area contributed by atoms with E-state index in [0.717, 1.165) is 6.42 Å². The van der Waals surface area contributed by atoms with Gasteiger partial charge in [-0.2, -0.15) is 0 Å². The number of carbonyl (C=O) groups excluding carboxylic acids is 2. The molecule has 0 spiro atoms. The molecule has 0 aliphatic carbocycles. The molecule has 8 nitrogen and oxygen atoms in total. The van der Waals surface area contributed by atoms with Crippen LogP contribution in [0.3, 0.4) is 0 Å². The van der Waals surface area contributed by atoms with Gasteiger partial charge in [0, 0.05) is 19.1 Å². The summed E-state index contributed by atoms with van der Waals surface area (Å²) < 4.78 is 14.5. The van der Waals surface area contributed by atoms with Crippen LogP contribution in [0.15, 0.2) is 36.9 Å². The minimum absolute atomic E-state index is 0.0521. The van der Waals surface area contributed by atoms with Gasteiger partial charge in [0.05, 0.1) is 11.1 Å². The van der Waals surface area contributed by atoms with Gasteiger partial charge in [-0.3, -0.25) is 10.2 Å². The highest BCUT2D eigenvalue weighted by Gasteiger charge is 2.27. The van der Waals surface area contributed by atoms with E-state index in [0.29, 0.717) is 35.4 Å². The number of amides is 3. The molecule has 27 heavy (non-hydrogen) atoms. The van der Waals surface area contributed by atoms with Gasteiger partial charge < -0.3 is 15.5 Å². The molecule has 3 amide bonds. The number of hydrazine groups is 1. The number of anilines is 1. The predicted octanol–water partition coefficient (Wildman–Crippen LogP) is 1.39. The monoisotopic (exact) mass is 370 g/mol. The van der Waals surface area contributed by atoms with Gasteiger partial charge in [-0.15, -0.1) is 0 Å². The Balaban J connectivity index is 1.67. The van der Waals surface area contributed by atoms with E-state index in [-0.39, 0.29) is 23.8 Å². The lowest BCUT2D eigenvalue weighted by molar-refractivity contribution is -0.125. The lowest BCUT2D eigenvalue weighted by atomic mass is 10.1. The van der Waals surface area contributed by atoms with E-state index in [1.54, 1.807) is 23.1 Å². The molecule has 4 rings (SSSR count). The van der Waals surface area contributed by atoms with Crippen LogP contribution in [0, 0.1) is 5.82 Å². The van der Waals surface area contributed by atoms with Crippen molar-refractivity contribution in [3.63, 3.8) is 0 Å². The number of pyridine rings is 1. The summed E-state index contributed by atoms with van der Waals surface area (Å²) in [6.07, 6.45) is 1.49. The maximum Gasteiger partial charge on any atom is 0.330 e. The third-order valence-corrected chi connectivity index (χ3v) is 4.74. The molecule has 2 aromatic rings. The van der Waals surface area contributed by atoms with E-state index in [1.807, 2.05) is 0 Å². The smallest absolute Gasteiger partial charge is 0.330 e. The van der Waals surface area contributed by atoms with Crippen LogP contribution in [0.25, 0.3) is 10.8 Å². The number of hydrogen-bond acceptors (Lipinski definition) is 5. The van der Waals surface area contributed by atoms with Crippen molar-refractivity contribution in [1.82, 2.24) is 26.1 Å². The zero-order valence-corrected chi connectivity index (χ0v) is 14.5. The van der Waals surface area contributed by atoms with E-state index in [2.05, 4.69) is 33.0 Å². The van der Waals surface area contributed by atoms with E-state index in [9.17, 15) is 14.0 Å². The number of likely N-dealkylation sites (tertiary alicyclic amines) is 1. The van der Waals surface area contributed by atoms with Crippen molar-refractivity contribution >= 4 is 28.5 Å². The third-order valence-electron chi connectivity index (χ3n) is 4.74. The number of fused-ring (bicyclic) bond motifs is 1. The van der Waals surface area contributed by atoms with Gasteiger partial charge in [-0.05, 0) is 30.0 Å². The first-order chi connectivity index (χ1) is 13.0. The second-order valence-corrected chi connectivity index (χ2v) is 6.53. The summed E-state index contributed by atoms with van der Waals surface area (Å²) in [6, 6.07) is 6.13. The van der Waals surface area contributed by atoms with Gasteiger partial charge in [-0.1, -0.05) is 18.7 Å². The maximum atomic E-state index is 14.5. The molecule has 2 saturated heterocycles. The average Bonchev–Trinajstić information content (AvgIpc) is 3.30. The van der Waals surface area contributed by atoms with Crippen LogP contribution in [-0.2, 0) is 4.79 Å². The van der Waals surface area contributed by atoms with Gasteiger partial charge in [0.15, 0.2) is 0 Å². The molecular formula is C18H19FN6O2. The summed E-state index contributed by atoms with van der Waals surface area (Å²) in [5.74, 6) is -0.116. The van der Waals surface area contributed by atoms with Crippen LogP contribution in [0.4, 0.5) is 15.0 Å². The van der Waals surface area contributed by atoms with Crippen molar-refractivity contribution in [3.05, 3.63) is 48.4 Å². The number of rotatable bonds is 4. The Labute approximate surface area is 154 Å². The minimum Gasteiger partial charge on any atom is -0.365 e. The summed E-state index contributed by atoms with van der Waals surface area (Å²) in [4.78, 5) is 29.4. The van der Waals surface area contributed by atoms with Gasteiger partial charge >= 0.3 is 6.03 Å². The SMILES string of the molecule is C=CC(=O)N1CC[C@H](Nc2nc(C3NNC(=O)N3)cc3cccc(F)c23)C1. The van der Waals surface area contributed by atoms with Crippen LogP contribution < -0.4 is 21.5 Å². The van der Waals surface area contributed by atoms with E-state index in [1.165, 1.54) is 12.1 Å². The lowest BCUT2D eigenvalue weighted by Crippen LogP contribution is -2.31. The first kappa shape index (κ1) is 17.2. The van der Waals surface area contributed by atoms with Crippen LogP contribution in [0.5, 0.6) is 0 Å². The normalized spacial score (nSPS) is 21.8. The summed E-state index contributed by atoms with van der Waals surface area (Å²) in [6.45, 7) is 4.60. The van der Waals surface area contributed by atoms with Gasteiger partial charge in [0.25, 0.3) is 0 Å². The Morgan fingerprint density at radius 3 is 3.04 bits per heavy atom. The largest absolute Gasteiger partial charge is 0.365 e. The molecule has 0 radical (unpaired) electrons. The molecule has 4 N–H and O–H groups in total. The molecule has 2 atom stereocenters. The number of carbonyl (C=O) groups is 2. The fourth-order valence-corrected chi connectivity index (χ4v) is 3.43. The molecule has 2 aliphatic rings. The fraction of sp³-hybridized carbons (Fsp3) is 0.278. The Morgan fingerprint density at radius 2 is 2.30 bits per heavy atom. The minimum atomic E-state index is -0.520. The zero-order chi connectivity index (χ0) is 19.0. The van der Waals surface area contributed by atoms with Crippen LogP contribution in [0.2, 0.25) is 0 Å². The molecule has 0 saturated carbocycles. The van der Waals surface area contributed by atoms with Gasteiger partial charge in [0.2, 0.25) is 5.91 Å². The van der Waals surface area contributed by atoms with E-state index in [4.69, 9.17) is 0 Å². The quantitative estimate of drug-likeness (QED) is 0.610. The molecule has 0 bridgehead atoms. The van der Waals surface area contributed by atoms with Crippen molar-refractivity contribution in [1.29, 1.82) is 0 Å². The van der Waals surface area contributed by atoms with Crippen LogP contribution in [-0.4, -0.2) is 41.0 Å². The van der Waals surface area contributed by atoms with E-state index < -0.39 is 6.17 Å². The highest BCUT2D eigenvalue weighted by molar-refractivity contribution is 5.93. The molecule has 2 aliphatic heterocycles. The van der Waals surface area contributed by atoms with Crippen molar-refractivity contribution in [2.75, 3.05) is 18.4 Å². The number of halogens is 1. The summed E-state index contributed by atoms with van der Waals surface area (Å²) in [5.41, 5.74) is 5.80. The highest BCUT2D eigenvalue weighted by atomic mass is 19.1. The number of aromatic nitrogens is 1. The summed E-state index contributed by atoms with van der Waals surface area (Å²) in [5, 5.41) is 7.01. The van der Waals surface area contributed by atoms with Gasteiger partial charge in [-0.25, -0.2) is 19.6 Å². The molecule has 140 valence electrons. The second kappa shape index (κ2) is 6.84. The molecule has 1 aromatic carbocycles. The molecule has 1 aromatic heterocycles. The first-order valence-corrected chi connectivity index (χ1v) is 8.64. The molecule has 3 heterocycles. The van der Waals surface area contributed by atoms with Crippen molar-refractivity contribution in [2.24, 2.45) is 0 Å². The van der Waals surface area contributed by atoms with Gasteiger partial charge in [0.1, 0.15) is 17.8 Å². The molecule has 1 unspecified atom stereocenters. The van der Waals surface area contributed by atoms with Crippen LogP contribution >= 0.6 is 0 Å². The number of nitrogens with zero attached hydrogens (tertiary/aromatic N) is 2. The summed E-state index contributed by atoms with van der Waals surface area (Å²) >= 11 is 0. The Hall–Kier alpha value is -3.20. The number of nitrogens with one attached hydrogen (secondary N) is 4. The first-order valence-electron chi connectivity index (χ1n) is 8.64. The highest BCUT2D eigenvalue weighted by Crippen LogP contribution is 2.29. The Bertz CT molecular complexity index is 933. The summed E-state index contributed by atoms with van der Waals surface area (Å²) in [7, 11) is 0. The second-order valence-electron chi connectivity index (χ2n) is 6.53. The maximum absolute atomic E-state index is 14.5. The van der Waals surface area contributed by atoms with Crippen molar-refractivity contribution in [2.45, 2.75) is 18.6 Å². The molecule has 2 fully saturated rings. The number of hydrogen-bond donors (Lipinski definition) is 4. The molecule has 9 heteroatoms. The lowest BCUT2D eigenvalue weighted by Gasteiger charge is -2.19. The average molecular weight is 370 g/mol. The number of urea groups is 1. The fourth-order valence-electron chi connectivity index (χ4n) is 3.43. The predicted molar refractivity (Wildman–Crippen MR) is 98.0 cm³/mol. The van der Waals surface area contributed by atoms with Crippen molar-refractivity contribution in [3.8, 4) is 0 Å². The topological polar surface area (TPSA) is 98.4 Å². The Morgan fingerprint density at radius 1 is 1.44 bits per heavy atom. The number of benzene rings is 1. The third kappa shape index (κ3) is 3.28. The van der Waals surface area contributed by atoms with E-state index >= 15 is 0 Å². The molecular weight excluding hydrogens is 351 g/mol. The van der Waals surface area contributed by atoms with Crippen molar-refractivity contribution < 1.29 is 14.0 Å². The van der Waals surface area contributed by atoms with Crippen LogP contribution in [0.1, 0.15) is 18.3 Å². The Kier molecular flexibility index (Phi) is 4.36. The standard InChI is InChI=1S/C18H19FN6O2/c1-2-14(26)25-7-6-11(9-25)20-17-15-10(4-3-5-12(15)19)8-13(21-17)16-22-18(27)24-23-16/h2-5,8,11,16,23H,1,6-7,9H2,(H,20,21)(H2,22,24,27)/t11-,16?/m0/s1. The zero-order valence-electron chi connectivity index (χ0n) is 14.5.